The molecule has 0 amide bonds. The molecule has 1 aliphatic carbocycles. The van der Waals surface area contributed by atoms with E-state index < -0.39 is 0 Å². The van der Waals surface area contributed by atoms with Gasteiger partial charge in [0, 0.05) is 22.5 Å². The van der Waals surface area contributed by atoms with E-state index in [-0.39, 0.29) is 11.6 Å². The molecule has 1 fully saturated rings. The summed E-state index contributed by atoms with van der Waals surface area (Å²) in [6.07, 6.45) is 5.66. The minimum absolute atomic E-state index is 0.0251. The Kier molecular flexibility index (Phi) is 3.18. The molecule has 1 atom stereocenters. The molecule has 2 aliphatic rings. The summed E-state index contributed by atoms with van der Waals surface area (Å²) in [6, 6.07) is 6.31. The van der Waals surface area contributed by atoms with Crippen molar-refractivity contribution < 1.29 is 4.74 Å². The maximum absolute atomic E-state index is 6.39. The van der Waals surface area contributed by atoms with E-state index in [0.29, 0.717) is 5.41 Å². The SMILES string of the molecule is CC1(C)CCC2(CC1)C[C@H](N)c1ccc(Br)cc1O2. The molecule has 0 radical (unpaired) electrons. The van der Waals surface area contributed by atoms with E-state index in [9.17, 15) is 0 Å². The van der Waals surface area contributed by atoms with E-state index in [0.717, 1.165) is 35.0 Å². The quantitative estimate of drug-likeness (QED) is 0.759. The normalized spacial score (nSPS) is 27.7. The summed E-state index contributed by atoms with van der Waals surface area (Å²) >= 11 is 3.52. The van der Waals surface area contributed by atoms with Gasteiger partial charge in [-0.15, -0.1) is 0 Å². The van der Waals surface area contributed by atoms with E-state index >= 15 is 0 Å². The van der Waals surface area contributed by atoms with E-state index in [4.69, 9.17) is 10.5 Å². The highest BCUT2D eigenvalue weighted by atomic mass is 79.9. The molecule has 1 aliphatic heterocycles. The van der Waals surface area contributed by atoms with Crippen LogP contribution in [0.25, 0.3) is 0 Å². The molecule has 19 heavy (non-hydrogen) atoms. The van der Waals surface area contributed by atoms with Crippen molar-refractivity contribution in [1.29, 1.82) is 0 Å². The Labute approximate surface area is 123 Å². The van der Waals surface area contributed by atoms with Crippen LogP contribution in [0.2, 0.25) is 0 Å². The summed E-state index contributed by atoms with van der Waals surface area (Å²) in [7, 11) is 0. The number of hydrogen-bond donors (Lipinski definition) is 1. The third-order valence-electron chi connectivity index (χ3n) is 4.81. The number of halogens is 1. The molecule has 1 aromatic carbocycles. The minimum Gasteiger partial charge on any atom is -0.487 e. The average Bonchev–Trinajstić information content (AvgIpc) is 2.33. The van der Waals surface area contributed by atoms with Crippen LogP contribution in [0.4, 0.5) is 0 Å². The van der Waals surface area contributed by atoms with Crippen LogP contribution in [-0.2, 0) is 0 Å². The molecule has 3 rings (SSSR count). The molecule has 2 nitrogen and oxygen atoms in total. The second-order valence-electron chi connectivity index (χ2n) is 6.94. The fraction of sp³-hybridized carbons (Fsp3) is 0.625. The first-order chi connectivity index (χ1) is 8.89. The van der Waals surface area contributed by atoms with Gasteiger partial charge in [-0.1, -0.05) is 35.8 Å². The van der Waals surface area contributed by atoms with Gasteiger partial charge in [-0.05, 0) is 43.2 Å². The van der Waals surface area contributed by atoms with Gasteiger partial charge < -0.3 is 10.5 Å². The van der Waals surface area contributed by atoms with Crippen molar-refractivity contribution in [2.24, 2.45) is 11.1 Å². The molecule has 1 aromatic rings. The predicted octanol–water partition coefficient (Wildman–Crippen LogP) is 4.57. The highest BCUT2D eigenvalue weighted by Gasteiger charge is 2.44. The van der Waals surface area contributed by atoms with E-state index in [1.54, 1.807) is 0 Å². The third-order valence-corrected chi connectivity index (χ3v) is 5.30. The third kappa shape index (κ3) is 2.55. The van der Waals surface area contributed by atoms with Crippen LogP contribution in [0.15, 0.2) is 22.7 Å². The summed E-state index contributed by atoms with van der Waals surface area (Å²) in [5.41, 5.74) is 7.96. The first kappa shape index (κ1) is 13.4. The average molecular weight is 324 g/mol. The van der Waals surface area contributed by atoms with Crippen LogP contribution in [-0.4, -0.2) is 5.60 Å². The maximum atomic E-state index is 6.39. The Hall–Kier alpha value is -0.540. The molecular formula is C16H22BrNO. The van der Waals surface area contributed by atoms with Gasteiger partial charge in [-0.2, -0.15) is 0 Å². The fourth-order valence-electron chi connectivity index (χ4n) is 3.38. The molecule has 1 saturated carbocycles. The molecule has 1 heterocycles. The monoisotopic (exact) mass is 323 g/mol. The van der Waals surface area contributed by atoms with Gasteiger partial charge in [0.15, 0.2) is 0 Å². The van der Waals surface area contributed by atoms with E-state index in [2.05, 4.69) is 41.9 Å². The topological polar surface area (TPSA) is 35.2 Å². The van der Waals surface area contributed by atoms with Gasteiger partial charge in [0.1, 0.15) is 11.4 Å². The van der Waals surface area contributed by atoms with Gasteiger partial charge in [0.25, 0.3) is 0 Å². The second kappa shape index (κ2) is 4.49. The van der Waals surface area contributed by atoms with Crippen molar-refractivity contribution in [3.8, 4) is 5.75 Å². The molecule has 104 valence electrons. The second-order valence-corrected chi connectivity index (χ2v) is 7.86. The van der Waals surface area contributed by atoms with Gasteiger partial charge in [-0.25, -0.2) is 0 Å². The first-order valence-corrected chi connectivity index (χ1v) is 7.93. The zero-order valence-electron chi connectivity index (χ0n) is 11.7. The van der Waals surface area contributed by atoms with E-state index in [1.807, 2.05) is 6.07 Å². The number of fused-ring (bicyclic) bond motifs is 1. The van der Waals surface area contributed by atoms with Crippen LogP contribution < -0.4 is 10.5 Å². The Morgan fingerprint density at radius 3 is 2.58 bits per heavy atom. The van der Waals surface area contributed by atoms with Crippen LogP contribution in [0.1, 0.15) is 57.6 Å². The lowest BCUT2D eigenvalue weighted by atomic mass is 9.68. The van der Waals surface area contributed by atoms with Crippen LogP contribution in [0.3, 0.4) is 0 Å². The molecule has 0 unspecified atom stereocenters. The van der Waals surface area contributed by atoms with Gasteiger partial charge in [-0.3, -0.25) is 0 Å². The van der Waals surface area contributed by atoms with Crippen LogP contribution >= 0.6 is 15.9 Å². The molecule has 1 spiro atoms. The number of benzene rings is 1. The lowest BCUT2D eigenvalue weighted by molar-refractivity contribution is -0.0260. The minimum atomic E-state index is -0.0251. The predicted molar refractivity (Wildman–Crippen MR) is 81.3 cm³/mol. The molecule has 0 saturated heterocycles. The molecule has 3 heteroatoms. The Balaban J connectivity index is 1.88. The smallest absolute Gasteiger partial charge is 0.126 e. The number of ether oxygens (including phenoxy) is 1. The Bertz CT molecular complexity index is 488. The van der Waals surface area contributed by atoms with Crippen LogP contribution in [0, 0.1) is 5.41 Å². The zero-order valence-corrected chi connectivity index (χ0v) is 13.3. The van der Waals surface area contributed by atoms with Crippen molar-refractivity contribution >= 4 is 15.9 Å². The summed E-state index contributed by atoms with van der Waals surface area (Å²) in [5, 5.41) is 0. The lowest BCUT2D eigenvalue weighted by Gasteiger charge is -2.47. The fourth-order valence-corrected chi connectivity index (χ4v) is 3.72. The molecule has 2 N–H and O–H groups in total. The Morgan fingerprint density at radius 1 is 1.21 bits per heavy atom. The molecule has 0 aromatic heterocycles. The summed E-state index contributed by atoms with van der Waals surface area (Å²) in [5.74, 6) is 0.979. The van der Waals surface area contributed by atoms with Gasteiger partial charge in [0.2, 0.25) is 0 Å². The van der Waals surface area contributed by atoms with Crippen LogP contribution in [0.5, 0.6) is 5.75 Å². The zero-order chi connectivity index (χ0) is 13.7. The summed E-state index contributed by atoms with van der Waals surface area (Å²) in [6.45, 7) is 4.71. The summed E-state index contributed by atoms with van der Waals surface area (Å²) in [4.78, 5) is 0. The van der Waals surface area contributed by atoms with E-state index in [1.165, 1.54) is 12.8 Å². The van der Waals surface area contributed by atoms with Gasteiger partial charge >= 0.3 is 0 Å². The van der Waals surface area contributed by atoms with Crippen molar-refractivity contribution in [2.75, 3.05) is 0 Å². The van der Waals surface area contributed by atoms with Crippen molar-refractivity contribution in [2.45, 2.75) is 57.6 Å². The number of hydrogen-bond acceptors (Lipinski definition) is 2. The Morgan fingerprint density at radius 2 is 1.89 bits per heavy atom. The number of nitrogens with two attached hydrogens (primary N) is 1. The lowest BCUT2D eigenvalue weighted by Crippen LogP contribution is -2.46. The maximum Gasteiger partial charge on any atom is 0.126 e. The highest BCUT2D eigenvalue weighted by Crippen LogP contribution is 2.49. The van der Waals surface area contributed by atoms with Crippen molar-refractivity contribution in [3.05, 3.63) is 28.2 Å². The standard InChI is InChI=1S/C16H22BrNO/c1-15(2)5-7-16(8-6-15)10-13(18)12-4-3-11(17)9-14(12)19-16/h3-4,9,13H,5-8,10,18H2,1-2H3/t13-/m0/s1. The largest absolute Gasteiger partial charge is 0.487 e. The van der Waals surface area contributed by atoms with Gasteiger partial charge in [0.05, 0.1) is 0 Å². The molecule has 0 bridgehead atoms. The first-order valence-electron chi connectivity index (χ1n) is 7.13. The molecular weight excluding hydrogens is 302 g/mol. The summed E-state index contributed by atoms with van der Waals surface area (Å²) < 4.78 is 7.46. The van der Waals surface area contributed by atoms with Crippen molar-refractivity contribution in [3.63, 3.8) is 0 Å². The highest BCUT2D eigenvalue weighted by molar-refractivity contribution is 9.10. The number of rotatable bonds is 0. The van der Waals surface area contributed by atoms with Crippen molar-refractivity contribution in [1.82, 2.24) is 0 Å².